The summed E-state index contributed by atoms with van der Waals surface area (Å²) in [6, 6.07) is 0.794. The molecule has 9 heavy (non-hydrogen) atoms. The van der Waals surface area contributed by atoms with Gasteiger partial charge in [-0.2, -0.15) is 0 Å². The van der Waals surface area contributed by atoms with Gasteiger partial charge in [0.15, 0.2) is 0 Å². The van der Waals surface area contributed by atoms with Crippen LogP contribution in [-0.2, 0) is 0 Å². The Balaban J connectivity index is 0.000000810. The largest absolute Gasteiger partial charge is 0.314 e. The first-order valence-electron chi connectivity index (χ1n) is 3.90. The van der Waals surface area contributed by atoms with Crippen LogP contribution in [0, 0.1) is 5.41 Å². The standard InChI is InChI=1S/C8H17N.H2/c1-4-9-7-5-6-8(7,2)3;/h7,9H,4-6H2,1-3H3;1H. The maximum atomic E-state index is 3.47. The monoisotopic (exact) mass is 129 g/mol. The Hall–Kier alpha value is -0.0400. The minimum absolute atomic E-state index is 0. The van der Waals surface area contributed by atoms with Crippen LogP contribution < -0.4 is 5.32 Å². The van der Waals surface area contributed by atoms with Gasteiger partial charge in [-0.15, -0.1) is 0 Å². The number of nitrogens with one attached hydrogen (secondary N) is 1. The predicted octanol–water partition coefficient (Wildman–Crippen LogP) is 2.03. The lowest BCUT2D eigenvalue weighted by molar-refractivity contribution is 0.111. The van der Waals surface area contributed by atoms with Crippen LogP contribution in [-0.4, -0.2) is 12.6 Å². The Bertz CT molecular complexity index is 101. The highest BCUT2D eigenvalue weighted by Gasteiger charge is 2.37. The van der Waals surface area contributed by atoms with Gasteiger partial charge in [0.1, 0.15) is 0 Å². The quantitative estimate of drug-likeness (QED) is 0.601. The zero-order valence-electron chi connectivity index (χ0n) is 6.70. The second-order valence-electron chi connectivity index (χ2n) is 3.64. The summed E-state index contributed by atoms with van der Waals surface area (Å²) in [5, 5.41) is 3.47. The lowest BCUT2D eigenvalue weighted by Gasteiger charge is -2.45. The van der Waals surface area contributed by atoms with E-state index in [0.717, 1.165) is 12.6 Å². The zero-order valence-corrected chi connectivity index (χ0v) is 6.70. The second kappa shape index (κ2) is 2.30. The Morgan fingerprint density at radius 2 is 2.33 bits per heavy atom. The van der Waals surface area contributed by atoms with E-state index >= 15 is 0 Å². The molecule has 1 fully saturated rings. The third kappa shape index (κ3) is 1.26. The second-order valence-corrected chi connectivity index (χ2v) is 3.64. The fourth-order valence-corrected chi connectivity index (χ4v) is 1.49. The SMILES string of the molecule is CCNC1CCC1(C)C.[HH]. The first-order valence-corrected chi connectivity index (χ1v) is 3.90. The van der Waals surface area contributed by atoms with Gasteiger partial charge in [0.05, 0.1) is 0 Å². The maximum Gasteiger partial charge on any atom is 0.0118 e. The van der Waals surface area contributed by atoms with Gasteiger partial charge < -0.3 is 5.32 Å². The van der Waals surface area contributed by atoms with Crippen molar-refractivity contribution >= 4 is 0 Å². The van der Waals surface area contributed by atoms with Crippen molar-refractivity contribution < 1.29 is 1.43 Å². The molecule has 0 amide bonds. The molecule has 0 aromatic carbocycles. The molecule has 1 unspecified atom stereocenters. The topological polar surface area (TPSA) is 12.0 Å². The summed E-state index contributed by atoms with van der Waals surface area (Å²) >= 11 is 0. The highest BCUT2D eigenvalue weighted by atomic mass is 14.9. The highest BCUT2D eigenvalue weighted by molar-refractivity contribution is 4.93. The summed E-state index contributed by atoms with van der Waals surface area (Å²) in [5.41, 5.74) is 0.579. The Morgan fingerprint density at radius 3 is 2.44 bits per heavy atom. The van der Waals surface area contributed by atoms with Gasteiger partial charge in [-0.1, -0.05) is 20.8 Å². The summed E-state index contributed by atoms with van der Waals surface area (Å²) in [4.78, 5) is 0. The van der Waals surface area contributed by atoms with Crippen LogP contribution in [0.25, 0.3) is 0 Å². The molecule has 1 nitrogen and oxygen atoms in total. The minimum Gasteiger partial charge on any atom is -0.314 e. The van der Waals surface area contributed by atoms with Crippen LogP contribution in [0.5, 0.6) is 0 Å². The van der Waals surface area contributed by atoms with Crippen molar-refractivity contribution in [3.05, 3.63) is 0 Å². The molecule has 56 valence electrons. The molecule has 0 aliphatic heterocycles. The molecule has 1 aliphatic carbocycles. The van der Waals surface area contributed by atoms with Crippen LogP contribution in [0.1, 0.15) is 35.0 Å². The van der Waals surface area contributed by atoms with Crippen molar-refractivity contribution in [1.82, 2.24) is 5.32 Å². The molecule has 0 saturated heterocycles. The summed E-state index contributed by atoms with van der Waals surface area (Å²) < 4.78 is 0. The molecular formula is C8H19N. The molecule has 0 heterocycles. The van der Waals surface area contributed by atoms with Crippen molar-refractivity contribution in [3.8, 4) is 0 Å². The molecule has 1 atom stereocenters. The lowest BCUT2D eigenvalue weighted by atomic mass is 9.67. The first kappa shape index (κ1) is 7.07. The van der Waals surface area contributed by atoms with E-state index in [1.807, 2.05) is 0 Å². The molecule has 0 spiro atoms. The van der Waals surface area contributed by atoms with Crippen molar-refractivity contribution in [1.29, 1.82) is 0 Å². The minimum atomic E-state index is 0. The average molecular weight is 129 g/mol. The molecule has 0 aromatic rings. The Morgan fingerprint density at radius 1 is 1.67 bits per heavy atom. The normalized spacial score (nSPS) is 31.7. The summed E-state index contributed by atoms with van der Waals surface area (Å²) in [7, 11) is 0. The van der Waals surface area contributed by atoms with Crippen molar-refractivity contribution in [2.45, 2.75) is 39.7 Å². The van der Waals surface area contributed by atoms with E-state index in [1.165, 1.54) is 12.8 Å². The fourth-order valence-electron chi connectivity index (χ4n) is 1.49. The van der Waals surface area contributed by atoms with Gasteiger partial charge in [0.25, 0.3) is 0 Å². The van der Waals surface area contributed by atoms with Crippen molar-refractivity contribution in [2.75, 3.05) is 6.54 Å². The van der Waals surface area contributed by atoms with E-state index in [2.05, 4.69) is 26.1 Å². The summed E-state index contributed by atoms with van der Waals surface area (Å²) in [6.45, 7) is 7.97. The molecule has 1 rings (SSSR count). The van der Waals surface area contributed by atoms with Gasteiger partial charge in [0, 0.05) is 7.47 Å². The van der Waals surface area contributed by atoms with Crippen LogP contribution in [0.4, 0.5) is 0 Å². The number of hydrogen-bond donors (Lipinski definition) is 1. The molecule has 1 heteroatoms. The predicted molar refractivity (Wildman–Crippen MR) is 42.6 cm³/mol. The molecule has 1 saturated carbocycles. The first-order chi connectivity index (χ1) is 4.17. The van der Waals surface area contributed by atoms with E-state index in [4.69, 9.17) is 0 Å². The Labute approximate surface area is 59.3 Å². The van der Waals surface area contributed by atoms with E-state index < -0.39 is 0 Å². The average Bonchev–Trinajstić information content (AvgIpc) is 1.81. The molecule has 0 bridgehead atoms. The lowest BCUT2D eigenvalue weighted by Crippen LogP contribution is -2.49. The van der Waals surface area contributed by atoms with Crippen LogP contribution in [0.2, 0.25) is 0 Å². The fraction of sp³-hybridized carbons (Fsp3) is 1.00. The van der Waals surface area contributed by atoms with E-state index in [1.54, 1.807) is 0 Å². The summed E-state index contributed by atoms with van der Waals surface area (Å²) in [5.74, 6) is 0. The van der Waals surface area contributed by atoms with Crippen LogP contribution in [0.3, 0.4) is 0 Å². The van der Waals surface area contributed by atoms with Gasteiger partial charge in [-0.05, 0) is 24.8 Å². The number of rotatable bonds is 2. The smallest absolute Gasteiger partial charge is 0.0118 e. The molecule has 1 N–H and O–H groups in total. The van der Waals surface area contributed by atoms with Crippen molar-refractivity contribution in [2.24, 2.45) is 5.41 Å². The van der Waals surface area contributed by atoms with Gasteiger partial charge in [0.2, 0.25) is 0 Å². The Kier molecular flexibility index (Phi) is 1.80. The van der Waals surface area contributed by atoms with Gasteiger partial charge in [-0.3, -0.25) is 0 Å². The van der Waals surface area contributed by atoms with Crippen LogP contribution >= 0.6 is 0 Å². The van der Waals surface area contributed by atoms with Crippen LogP contribution in [0.15, 0.2) is 0 Å². The van der Waals surface area contributed by atoms with Gasteiger partial charge >= 0.3 is 0 Å². The maximum absolute atomic E-state index is 3.47. The highest BCUT2D eigenvalue weighted by Crippen LogP contribution is 2.39. The molecular weight excluding hydrogens is 110 g/mol. The van der Waals surface area contributed by atoms with E-state index in [9.17, 15) is 0 Å². The van der Waals surface area contributed by atoms with E-state index in [-0.39, 0.29) is 1.43 Å². The molecule has 0 radical (unpaired) electrons. The molecule has 0 aromatic heterocycles. The zero-order chi connectivity index (χ0) is 6.91. The van der Waals surface area contributed by atoms with E-state index in [0.29, 0.717) is 5.41 Å². The number of hydrogen-bond acceptors (Lipinski definition) is 1. The summed E-state index contributed by atoms with van der Waals surface area (Å²) in [6.07, 6.45) is 2.77. The van der Waals surface area contributed by atoms with Gasteiger partial charge in [-0.25, -0.2) is 0 Å². The third-order valence-electron chi connectivity index (χ3n) is 2.47. The third-order valence-corrected chi connectivity index (χ3v) is 2.47. The van der Waals surface area contributed by atoms with Crippen molar-refractivity contribution in [3.63, 3.8) is 0 Å². The molecule has 1 aliphatic rings.